The zero-order valence-corrected chi connectivity index (χ0v) is 12.9. The van der Waals surface area contributed by atoms with Gasteiger partial charge in [-0.3, -0.25) is 0 Å². The van der Waals surface area contributed by atoms with Crippen LogP contribution in [0, 0.1) is 5.82 Å². The van der Waals surface area contributed by atoms with Crippen LogP contribution < -0.4 is 10.1 Å². The lowest BCUT2D eigenvalue weighted by molar-refractivity contribution is 0.413. The molecule has 1 unspecified atom stereocenters. The average molecular weight is 292 g/mol. The van der Waals surface area contributed by atoms with Crippen LogP contribution in [0.5, 0.6) is 5.75 Å². The number of aromatic nitrogens is 3. The maximum atomic E-state index is 14.1. The number of methoxy groups -OCH3 is 1. The minimum absolute atomic E-state index is 0.113. The lowest BCUT2D eigenvalue weighted by Gasteiger charge is -2.13. The van der Waals surface area contributed by atoms with Crippen molar-refractivity contribution in [2.75, 3.05) is 14.2 Å². The molecule has 0 bridgehead atoms. The minimum Gasteiger partial charge on any atom is -0.497 e. The molecule has 0 aliphatic heterocycles. The molecular weight excluding hydrogens is 271 g/mol. The Balaban J connectivity index is 2.54. The molecule has 2 rings (SSSR count). The molecule has 2 aromatic rings. The van der Waals surface area contributed by atoms with E-state index < -0.39 is 0 Å². The molecule has 0 saturated heterocycles. The number of halogens is 1. The van der Waals surface area contributed by atoms with Gasteiger partial charge < -0.3 is 10.1 Å². The molecule has 0 spiro atoms. The van der Waals surface area contributed by atoms with E-state index in [1.165, 1.54) is 6.07 Å². The summed E-state index contributed by atoms with van der Waals surface area (Å²) < 4.78 is 20.8. The predicted octanol–water partition coefficient (Wildman–Crippen LogP) is 2.65. The zero-order chi connectivity index (χ0) is 15.4. The van der Waals surface area contributed by atoms with E-state index in [4.69, 9.17) is 4.74 Å². The normalized spacial score (nSPS) is 12.4. The first-order valence-electron chi connectivity index (χ1n) is 7.11. The van der Waals surface area contributed by atoms with Crippen LogP contribution in [0.15, 0.2) is 18.2 Å². The quantitative estimate of drug-likeness (QED) is 0.889. The molecule has 6 heteroatoms. The van der Waals surface area contributed by atoms with Gasteiger partial charge in [0.25, 0.3) is 0 Å². The minimum atomic E-state index is -0.348. The summed E-state index contributed by atoms with van der Waals surface area (Å²) >= 11 is 0. The smallest absolute Gasteiger partial charge is 0.149 e. The van der Waals surface area contributed by atoms with E-state index in [0.717, 1.165) is 24.2 Å². The Labute approximate surface area is 124 Å². The van der Waals surface area contributed by atoms with Crippen LogP contribution in [0.3, 0.4) is 0 Å². The Hall–Kier alpha value is -1.95. The number of nitrogens with zero attached hydrogens (tertiary/aromatic N) is 3. The van der Waals surface area contributed by atoms with Gasteiger partial charge in [-0.15, -0.1) is 5.10 Å². The van der Waals surface area contributed by atoms with Gasteiger partial charge in [0.1, 0.15) is 22.9 Å². The van der Waals surface area contributed by atoms with Crippen molar-refractivity contribution in [2.45, 2.75) is 32.7 Å². The first-order valence-corrected chi connectivity index (χ1v) is 7.11. The fourth-order valence-electron chi connectivity index (χ4n) is 2.42. The third-order valence-electron chi connectivity index (χ3n) is 3.60. The number of ether oxygens (including phenoxy) is 1. The fourth-order valence-corrected chi connectivity index (χ4v) is 2.42. The number of hydrogen-bond acceptors (Lipinski definition) is 4. The van der Waals surface area contributed by atoms with Crippen molar-refractivity contribution < 1.29 is 9.13 Å². The van der Waals surface area contributed by atoms with E-state index in [1.54, 1.807) is 23.9 Å². The van der Waals surface area contributed by atoms with Gasteiger partial charge in [-0.2, -0.15) is 0 Å². The molecule has 114 valence electrons. The van der Waals surface area contributed by atoms with Crippen LogP contribution in [0.2, 0.25) is 0 Å². The summed E-state index contributed by atoms with van der Waals surface area (Å²) in [6.07, 6.45) is 1.61. The van der Waals surface area contributed by atoms with Gasteiger partial charge in [-0.05, 0) is 32.0 Å². The van der Waals surface area contributed by atoms with E-state index in [9.17, 15) is 4.39 Å². The summed E-state index contributed by atoms with van der Waals surface area (Å²) in [5.74, 6) is 0.241. The van der Waals surface area contributed by atoms with Crippen LogP contribution in [-0.2, 0) is 6.42 Å². The maximum absolute atomic E-state index is 14.1. The van der Waals surface area contributed by atoms with Crippen molar-refractivity contribution in [3.05, 3.63) is 35.4 Å². The topological polar surface area (TPSA) is 52.0 Å². The Morgan fingerprint density at radius 2 is 2.14 bits per heavy atom. The van der Waals surface area contributed by atoms with Crippen molar-refractivity contribution in [1.82, 2.24) is 20.3 Å². The van der Waals surface area contributed by atoms with Gasteiger partial charge in [-0.25, -0.2) is 9.07 Å². The molecule has 1 N–H and O–H groups in total. The summed E-state index contributed by atoms with van der Waals surface area (Å²) in [6.45, 7) is 4.09. The first kappa shape index (κ1) is 15.4. The summed E-state index contributed by atoms with van der Waals surface area (Å²) in [5.41, 5.74) is 2.13. The summed E-state index contributed by atoms with van der Waals surface area (Å²) in [4.78, 5) is 0. The Morgan fingerprint density at radius 1 is 1.38 bits per heavy atom. The molecule has 1 atom stereocenters. The Bertz CT molecular complexity index is 608. The molecule has 0 radical (unpaired) electrons. The lowest BCUT2D eigenvalue weighted by atomic mass is 10.1. The second-order valence-corrected chi connectivity index (χ2v) is 4.75. The van der Waals surface area contributed by atoms with Crippen LogP contribution in [0.1, 0.15) is 37.7 Å². The Morgan fingerprint density at radius 3 is 2.71 bits per heavy atom. The van der Waals surface area contributed by atoms with Crippen LogP contribution >= 0.6 is 0 Å². The third kappa shape index (κ3) is 2.90. The fraction of sp³-hybridized carbons (Fsp3) is 0.467. The van der Waals surface area contributed by atoms with Crippen LogP contribution in [0.25, 0.3) is 5.69 Å². The Kier molecular flexibility index (Phi) is 4.90. The molecule has 1 aromatic carbocycles. The highest BCUT2D eigenvalue weighted by atomic mass is 19.1. The average Bonchev–Trinajstić information content (AvgIpc) is 2.92. The molecule has 0 fully saturated rings. The number of nitrogens with one attached hydrogen (secondary N) is 1. The maximum Gasteiger partial charge on any atom is 0.149 e. The van der Waals surface area contributed by atoms with Crippen molar-refractivity contribution >= 4 is 0 Å². The van der Waals surface area contributed by atoms with Crippen LogP contribution in [-0.4, -0.2) is 29.2 Å². The standard InChI is InChI=1S/C15H21FN4O/c1-5-12(17-3)15-13(6-2)20(19-18-15)14-9-10(21-4)7-8-11(14)16/h7-9,12,17H,5-6H2,1-4H3. The van der Waals surface area contributed by atoms with Gasteiger partial charge in [0.15, 0.2) is 0 Å². The van der Waals surface area contributed by atoms with Crippen molar-refractivity contribution in [1.29, 1.82) is 0 Å². The van der Waals surface area contributed by atoms with E-state index in [0.29, 0.717) is 11.4 Å². The number of hydrogen-bond donors (Lipinski definition) is 1. The zero-order valence-electron chi connectivity index (χ0n) is 12.9. The third-order valence-corrected chi connectivity index (χ3v) is 3.60. The molecule has 0 aliphatic carbocycles. The highest BCUT2D eigenvalue weighted by Gasteiger charge is 2.20. The van der Waals surface area contributed by atoms with E-state index in [1.807, 2.05) is 14.0 Å². The van der Waals surface area contributed by atoms with Gasteiger partial charge in [-0.1, -0.05) is 19.1 Å². The number of rotatable bonds is 6. The second-order valence-electron chi connectivity index (χ2n) is 4.75. The van der Waals surface area contributed by atoms with E-state index >= 15 is 0 Å². The molecule has 1 heterocycles. The predicted molar refractivity (Wildman–Crippen MR) is 79.3 cm³/mol. The van der Waals surface area contributed by atoms with Gasteiger partial charge in [0.2, 0.25) is 0 Å². The SMILES string of the molecule is CCc1c(C(CC)NC)nnn1-c1cc(OC)ccc1F. The van der Waals surface area contributed by atoms with Gasteiger partial charge in [0, 0.05) is 6.07 Å². The molecule has 1 aromatic heterocycles. The van der Waals surface area contributed by atoms with Gasteiger partial charge >= 0.3 is 0 Å². The molecule has 0 aliphatic rings. The van der Waals surface area contributed by atoms with Crippen molar-refractivity contribution in [3.63, 3.8) is 0 Å². The van der Waals surface area contributed by atoms with E-state index in [2.05, 4.69) is 22.6 Å². The molecule has 21 heavy (non-hydrogen) atoms. The highest BCUT2D eigenvalue weighted by Crippen LogP contribution is 2.25. The van der Waals surface area contributed by atoms with Crippen molar-refractivity contribution in [2.24, 2.45) is 0 Å². The first-order chi connectivity index (χ1) is 10.2. The second kappa shape index (κ2) is 6.67. The molecule has 5 nitrogen and oxygen atoms in total. The largest absolute Gasteiger partial charge is 0.497 e. The van der Waals surface area contributed by atoms with Gasteiger partial charge in [0.05, 0.1) is 18.8 Å². The number of benzene rings is 1. The monoisotopic (exact) mass is 292 g/mol. The lowest BCUT2D eigenvalue weighted by Crippen LogP contribution is -2.17. The molecule has 0 amide bonds. The van der Waals surface area contributed by atoms with E-state index in [-0.39, 0.29) is 11.9 Å². The highest BCUT2D eigenvalue weighted by molar-refractivity contribution is 5.41. The van der Waals surface area contributed by atoms with Crippen molar-refractivity contribution in [3.8, 4) is 11.4 Å². The van der Waals surface area contributed by atoms with Crippen LogP contribution in [0.4, 0.5) is 4.39 Å². The molecular formula is C15H21FN4O. The molecule has 0 saturated carbocycles. The summed E-state index contributed by atoms with van der Waals surface area (Å²) in [6, 6.07) is 4.71. The summed E-state index contributed by atoms with van der Waals surface area (Å²) in [5, 5.41) is 11.6. The summed E-state index contributed by atoms with van der Waals surface area (Å²) in [7, 11) is 3.44.